The Morgan fingerprint density at radius 2 is 1.75 bits per heavy atom. The van der Waals surface area contributed by atoms with Crippen LogP contribution in [-0.2, 0) is 0 Å². The second-order valence-electron chi connectivity index (χ2n) is 5.78. The first-order chi connectivity index (χ1) is 13.5. The van der Waals surface area contributed by atoms with Crippen LogP contribution in [0, 0.1) is 0 Å². The third kappa shape index (κ3) is 4.35. The normalized spacial score (nSPS) is 10.4. The van der Waals surface area contributed by atoms with E-state index in [-0.39, 0.29) is 11.3 Å². The number of halogens is 1. The molecule has 3 aromatic rings. The van der Waals surface area contributed by atoms with Crippen molar-refractivity contribution in [2.75, 3.05) is 18.9 Å². The number of carbonyl (C=O) groups is 1. The Morgan fingerprint density at radius 1 is 1.00 bits per heavy atom. The van der Waals surface area contributed by atoms with Crippen molar-refractivity contribution in [3.63, 3.8) is 0 Å². The van der Waals surface area contributed by atoms with Crippen LogP contribution in [0.15, 0.2) is 65.6 Å². The van der Waals surface area contributed by atoms with Crippen molar-refractivity contribution in [1.29, 1.82) is 0 Å². The number of methoxy groups -OCH3 is 2. The molecule has 5 nitrogen and oxygen atoms in total. The molecule has 144 valence electrons. The highest BCUT2D eigenvalue weighted by atomic mass is 35.5. The molecule has 0 aliphatic heterocycles. The molecule has 0 heterocycles. The van der Waals surface area contributed by atoms with Gasteiger partial charge < -0.3 is 19.3 Å². The fraction of sp³-hybridized carbons (Fsp3) is 0.0952. The average Bonchev–Trinajstić information content (AvgIpc) is 2.72. The third-order valence-corrected chi connectivity index (χ3v) is 5.10. The van der Waals surface area contributed by atoms with E-state index >= 15 is 0 Å². The molecule has 7 heteroatoms. The monoisotopic (exact) mass is 415 g/mol. The SMILES string of the molecule is COc1ccc(-c2ccccc2)cc1NSc1cc(Cl)cc(C(=O)O)c1OC. The fourth-order valence-electron chi connectivity index (χ4n) is 2.72. The van der Waals surface area contributed by atoms with Gasteiger partial charge in [-0.25, -0.2) is 4.79 Å². The average molecular weight is 416 g/mol. The van der Waals surface area contributed by atoms with E-state index < -0.39 is 5.97 Å². The lowest BCUT2D eigenvalue weighted by Crippen LogP contribution is -2.02. The Hall–Kier alpha value is -2.83. The van der Waals surface area contributed by atoms with Crippen molar-refractivity contribution in [2.24, 2.45) is 0 Å². The minimum Gasteiger partial charge on any atom is -0.495 e. The van der Waals surface area contributed by atoms with E-state index in [0.29, 0.717) is 15.7 Å². The summed E-state index contributed by atoms with van der Waals surface area (Å²) in [6.07, 6.45) is 0. The van der Waals surface area contributed by atoms with Gasteiger partial charge in [-0.1, -0.05) is 48.0 Å². The molecule has 0 fully saturated rings. The van der Waals surface area contributed by atoms with Gasteiger partial charge in [0.05, 0.1) is 24.8 Å². The topological polar surface area (TPSA) is 67.8 Å². The molecule has 3 aromatic carbocycles. The van der Waals surface area contributed by atoms with Crippen molar-refractivity contribution in [2.45, 2.75) is 4.90 Å². The van der Waals surface area contributed by atoms with Crippen LogP contribution >= 0.6 is 23.5 Å². The molecule has 0 aliphatic rings. The maximum Gasteiger partial charge on any atom is 0.339 e. The van der Waals surface area contributed by atoms with Gasteiger partial charge in [-0.15, -0.1) is 0 Å². The predicted molar refractivity (Wildman–Crippen MR) is 113 cm³/mol. The number of hydrogen-bond acceptors (Lipinski definition) is 5. The molecule has 0 unspecified atom stereocenters. The minimum atomic E-state index is -1.11. The van der Waals surface area contributed by atoms with Crippen LogP contribution in [0.3, 0.4) is 0 Å². The molecule has 3 rings (SSSR count). The van der Waals surface area contributed by atoms with Crippen molar-refractivity contribution in [1.82, 2.24) is 0 Å². The number of nitrogens with one attached hydrogen (secondary N) is 1. The summed E-state index contributed by atoms with van der Waals surface area (Å²) in [5.74, 6) is -0.205. The molecule has 0 aliphatic carbocycles. The van der Waals surface area contributed by atoms with Gasteiger partial charge in [0.2, 0.25) is 0 Å². The summed E-state index contributed by atoms with van der Waals surface area (Å²) in [7, 11) is 3.02. The molecule has 0 atom stereocenters. The number of aromatic carboxylic acids is 1. The summed E-state index contributed by atoms with van der Waals surface area (Å²) in [5.41, 5.74) is 2.84. The molecule has 2 N–H and O–H groups in total. The quantitative estimate of drug-likeness (QED) is 0.472. The number of hydrogen-bond donors (Lipinski definition) is 2. The first kappa shape index (κ1) is 19.9. The lowest BCUT2D eigenvalue weighted by molar-refractivity contribution is 0.0693. The van der Waals surface area contributed by atoms with E-state index in [4.69, 9.17) is 21.1 Å². The highest BCUT2D eigenvalue weighted by Crippen LogP contribution is 2.39. The van der Waals surface area contributed by atoms with Crippen molar-refractivity contribution in [3.05, 3.63) is 71.2 Å². The third-order valence-electron chi connectivity index (χ3n) is 4.03. The van der Waals surface area contributed by atoms with E-state index in [2.05, 4.69) is 4.72 Å². The van der Waals surface area contributed by atoms with Crippen molar-refractivity contribution >= 4 is 35.2 Å². The van der Waals surface area contributed by atoms with Gasteiger partial charge in [-0.3, -0.25) is 0 Å². The van der Waals surface area contributed by atoms with Gasteiger partial charge >= 0.3 is 5.97 Å². The van der Waals surface area contributed by atoms with E-state index in [9.17, 15) is 9.90 Å². The number of rotatable bonds is 7. The minimum absolute atomic E-state index is 0.00398. The smallest absolute Gasteiger partial charge is 0.339 e. The molecule has 28 heavy (non-hydrogen) atoms. The van der Waals surface area contributed by atoms with Gasteiger partial charge in [0.1, 0.15) is 17.1 Å². The molecule has 0 saturated heterocycles. The summed E-state index contributed by atoms with van der Waals surface area (Å²) in [6.45, 7) is 0. The highest BCUT2D eigenvalue weighted by Gasteiger charge is 2.18. The zero-order valence-electron chi connectivity index (χ0n) is 15.2. The number of benzene rings is 3. The molecule has 0 aromatic heterocycles. The molecule has 0 amide bonds. The van der Waals surface area contributed by atoms with Gasteiger partial charge in [-0.05, 0) is 47.3 Å². The molecule has 0 spiro atoms. The van der Waals surface area contributed by atoms with E-state index in [0.717, 1.165) is 16.8 Å². The van der Waals surface area contributed by atoms with Crippen LogP contribution in [0.1, 0.15) is 10.4 Å². The Kier molecular flexibility index (Phi) is 6.34. The highest BCUT2D eigenvalue weighted by molar-refractivity contribution is 8.00. The second-order valence-corrected chi connectivity index (χ2v) is 7.06. The summed E-state index contributed by atoms with van der Waals surface area (Å²) in [5, 5.41) is 9.70. The van der Waals surface area contributed by atoms with Crippen LogP contribution in [0.4, 0.5) is 5.69 Å². The molecule has 0 bridgehead atoms. The van der Waals surface area contributed by atoms with Crippen molar-refractivity contribution in [3.8, 4) is 22.6 Å². The number of carboxylic acids is 1. The zero-order chi connectivity index (χ0) is 20.1. The van der Waals surface area contributed by atoms with Crippen LogP contribution in [0.5, 0.6) is 11.5 Å². The Bertz CT molecular complexity index is 995. The fourth-order valence-corrected chi connectivity index (χ4v) is 3.86. The number of carboxylic acid groups (broad SMARTS) is 1. The lowest BCUT2D eigenvalue weighted by atomic mass is 10.1. The standard InChI is InChI=1S/C21H18ClNO4S/c1-26-18-9-8-14(13-6-4-3-5-7-13)10-17(18)23-28-19-12-15(22)11-16(21(24)25)20(19)27-2/h3-12,23H,1-2H3,(H,24,25). The largest absolute Gasteiger partial charge is 0.495 e. The maximum atomic E-state index is 11.5. The summed E-state index contributed by atoms with van der Waals surface area (Å²) < 4.78 is 14.0. The Morgan fingerprint density at radius 3 is 2.39 bits per heavy atom. The van der Waals surface area contributed by atoms with Gasteiger partial charge in [-0.2, -0.15) is 0 Å². The van der Waals surface area contributed by atoms with Gasteiger partial charge in [0, 0.05) is 5.02 Å². The van der Waals surface area contributed by atoms with E-state index in [1.54, 1.807) is 13.2 Å². The summed E-state index contributed by atoms with van der Waals surface area (Å²) >= 11 is 7.29. The van der Waals surface area contributed by atoms with Crippen LogP contribution in [-0.4, -0.2) is 25.3 Å². The molecule has 0 radical (unpaired) electrons. The van der Waals surface area contributed by atoms with Crippen LogP contribution < -0.4 is 14.2 Å². The Balaban J connectivity index is 1.93. The second kappa shape index (κ2) is 8.91. The first-order valence-electron chi connectivity index (χ1n) is 8.30. The van der Waals surface area contributed by atoms with Crippen LogP contribution in [0.25, 0.3) is 11.1 Å². The molecular formula is C21H18ClNO4S. The maximum absolute atomic E-state index is 11.5. The first-order valence-corrected chi connectivity index (χ1v) is 9.50. The lowest BCUT2D eigenvalue weighted by Gasteiger charge is -2.15. The predicted octanol–water partition coefficient (Wildman–Crippen LogP) is 5.84. The summed E-state index contributed by atoms with van der Waals surface area (Å²) in [4.78, 5) is 12.0. The van der Waals surface area contributed by atoms with Gasteiger partial charge in [0.15, 0.2) is 0 Å². The van der Waals surface area contributed by atoms with Crippen molar-refractivity contribution < 1.29 is 19.4 Å². The number of anilines is 1. The molecular weight excluding hydrogens is 398 g/mol. The van der Waals surface area contributed by atoms with Gasteiger partial charge in [0.25, 0.3) is 0 Å². The zero-order valence-corrected chi connectivity index (χ0v) is 16.8. The number of ether oxygens (including phenoxy) is 2. The van der Waals surface area contributed by atoms with E-state index in [1.807, 2.05) is 48.5 Å². The van der Waals surface area contributed by atoms with E-state index in [1.165, 1.54) is 25.1 Å². The molecule has 0 saturated carbocycles. The van der Waals surface area contributed by atoms with Crippen LogP contribution in [0.2, 0.25) is 5.02 Å². The Labute approximate surface area is 172 Å². The summed E-state index contributed by atoms with van der Waals surface area (Å²) in [6, 6.07) is 18.8.